The Morgan fingerprint density at radius 1 is 1.35 bits per heavy atom. The number of ether oxygens (including phenoxy) is 1. The topological polar surface area (TPSA) is 47.4 Å². The fourth-order valence-electron chi connectivity index (χ4n) is 2.62. The van der Waals surface area contributed by atoms with Gasteiger partial charge in [-0.1, -0.05) is 0 Å². The van der Waals surface area contributed by atoms with Gasteiger partial charge >= 0.3 is 0 Å². The lowest BCUT2D eigenvalue weighted by molar-refractivity contribution is -0.140. The lowest BCUT2D eigenvalue weighted by Gasteiger charge is -2.32. The lowest BCUT2D eigenvalue weighted by atomic mass is 9.94. The minimum Gasteiger partial charge on any atom is -0.378 e. The van der Waals surface area contributed by atoms with Crippen LogP contribution in [0.2, 0.25) is 0 Å². The zero-order valence-electron chi connectivity index (χ0n) is 9.84. The average molecular weight is 235 g/mol. The quantitative estimate of drug-likeness (QED) is 0.703. The predicted octanol–water partition coefficient (Wildman–Crippen LogP) is 0.304. The van der Waals surface area contributed by atoms with Crippen LogP contribution in [0.3, 0.4) is 0 Å². The molecule has 92 valence electrons. The monoisotopic (exact) mass is 235 g/mol. The highest BCUT2D eigenvalue weighted by Crippen LogP contribution is 2.22. The van der Waals surface area contributed by atoms with Gasteiger partial charge in [-0.2, -0.15) is 0 Å². The summed E-state index contributed by atoms with van der Waals surface area (Å²) in [7, 11) is 0. The van der Waals surface area contributed by atoms with Crippen LogP contribution in [-0.4, -0.2) is 46.7 Å². The van der Waals surface area contributed by atoms with E-state index >= 15 is 0 Å². The molecule has 0 bridgehead atoms. The van der Waals surface area contributed by atoms with E-state index in [0.29, 0.717) is 19.1 Å². The number of amides is 1. The summed E-state index contributed by atoms with van der Waals surface area (Å²) < 4.78 is 7.42. The number of fused-ring (bicyclic) bond motifs is 1. The van der Waals surface area contributed by atoms with E-state index in [4.69, 9.17) is 4.74 Å². The second-order valence-electron chi connectivity index (χ2n) is 4.71. The van der Waals surface area contributed by atoms with E-state index in [1.165, 1.54) is 5.69 Å². The van der Waals surface area contributed by atoms with Crippen molar-refractivity contribution in [2.24, 2.45) is 5.92 Å². The van der Waals surface area contributed by atoms with Crippen molar-refractivity contribution in [3.63, 3.8) is 0 Å². The number of nitrogens with zero attached hydrogens (tertiary/aromatic N) is 3. The van der Waals surface area contributed by atoms with Gasteiger partial charge in [-0.3, -0.25) is 4.79 Å². The van der Waals surface area contributed by atoms with Gasteiger partial charge < -0.3 is 14.2 Å². The molecule has 1 amide bonds. The van der Waals surface area contributed by atoms with Crippen molar-refractivity contribution in [3.05, 3.63) is 18.2 Å². The van der Waals surface area contributed by atoms with E-state index < -0.39 is 0 Å². The Kier molecular flexibility index (Phi) is 2.84. The molecule has 5 heteroatoms. The number of hydrogen-bond donors (Lipinski definition) is 0. The number of hydrogen-bond acceptors (Lipinski definition) is 3. The number of carbonyl (C=O) groups is 1. The molecule has 0 aliphatic carbocycles. The van der Waals surface area contributed by atoms with Crippen molar-refractivity contribution in [2.75, 3.05) is 26.3 Å². The number of morpholine rings is 1. The molecule has 1 atom stereocenters. The molecule has 1 saturated heterocycles. The number of imidazole rings is 1. The van der Waals surface area contributed by atoms with E-state index in [2.05, 4.69) is 9.55 Å². The standard InChI is InChI=1S/C12H17N3O2/c16-12(14-3-5-17-6-4-14)10-1-2-15-9-13-8-11(15)7-10/h8-10H,1-7H2. The van der Waals surface area contributed by atoms with Crippen molar-refractivity contribution < 1.29 is 9.53 Å². The first kappa shape index (κ1) is 10.8. The van der Waals surface area contributed by atoms with Crippen LogP contribution in [0.5, 0.6) is 0 Å². The van der Waals surface area contributed by atoms with Crippen molar-refractivity contribution in [2.45, 2.75) is 19.4 Å². The molecule has 0 saturated carbocycles. The van der Waals surface area contributed by atoms with Crippen molar-refractivity contribution in [1.82, 2.24) is 14.5 Å². The normalized spacial score (nSPS) is 24.5. The third kappa shape index (κ3) is 2.07. The summed E-state index contributed by atoms with van der Waals surface area (Å²) in [4.78, 5) is 18.4. The van der Waals surface area contributed by atoms with Crippen molar-refractivity contribution in [1.29, 1.82) is 0 Å². The second kappa shape index (κ2) is 4.49. The molecule has 1 unspecified atom stereocenters. The Hall–Kier alpha value is -1.36. The van der Waals surface area contributed by atoms with Crippen LogP contribution in [0, 0.1) is 5.92 Å². The van der Waals surface area contributed by atoms with Gasteiger partial charge in [-0.15, -0.1) is 0 Å². The van der Waals surface area contributed by atoms with Gasteiger partial charge in [0.25, 0.3) is 0 Å². The zero-order chi connectivity index (χ0) is 11.7. The summed E-state index contributed by atoms with van der Waals surface area (Å²) in [5.41, 5.74) is 1.18. The van der Waals surface area contributed by atoms with Gasteiger partial charge in [-0.05, 0) is 6.42 Å². The first-order chi connectivity index (χ1) is 8.34. The second-order valence-corrected chi connectivity index (χ2v) is 4.71. The highest BCUT2D eigenvalue weighted by Gasteiger charge is 2.29. The van der Waals surface area contributed by atoms with E-state index in [-0.39, 0.29) is 5.92 Å². The largest absolute Gasteiger partial charge is 0.378 e. The molecule has 0 aromatic carbocycles. The van der Waals surface area contributed by atoms with Gasteiger partial charge in [0.05, 0.1) is 19.5 Å². The van der Waals surface area contributed by atoms with Gasteiger partial charge in [0.1, 0.15) is 0 Å². The van der Waals surface area contributed by atoms with E-state index in [9.17, 15) is 4.79 Å². The molecule has 2 aliphatic heterocycles. The first-order valence-electron chi connectivity index (χ1n) is 6.20. The summed E-state index contributed by atoms with van der Waals surface area (Å²) in [5, 5.41) is 0. The molecule has 0 N–H and O–H groups in total. The van der Waals surface area contributed by atoms with Crippen LogP contribution in [-0.2, 0) is 22.5 Å². The van der Waals surface area contributed by atoms with Crippen LogP contribution in [0.4, 0.5) is 0 Å². The highest BCUT2D eigenvalue weighted by molar-refractivity contribution is 5.79. The molecule has 3 rings (SSSR count). The zero-order valence-corrected chi connectivity index (χ0v) is 9.84. The molecular formula is C12H17N3O2. The molecule has 1 aromatic rings. The highest BCUT2D eigenvalue weighted by atomic mass is 16.5. The van der Waals surface area contributed by atoms with Crippen LogP contribution in [0.15, 0.2) is 12.5 Å². The van der Waals surface area contributed by atoms with Crippen molar-refractivity contribution >= 4 is 5.91 Å². The fourth-order valence-corrected chi connectivity index (χ4v) is 2.62. The smallest absolute Gasteiger partial charge is 0.226 e. The first-order valence-corrected chi connectivity index (χ1v) is 6.20. The third-order valence-corrected chi connectivity index (χ3v) is 3.64. The van der Waals surface area contributed by atoms with E-state index in [1.54, 1.807) is 0 Å². The SMILES string of the molecule is O=C(C1CCn2cncc2C1)N1CCOCC1. The Morgan fingerprint density at radius 3 is 3.00 bits per heavy atom. The molecule has 0 radical (unpaired) electrons. The van der Waals surface area contributed by atoms with Gasteiger partial charge in [0.2, 0.25) is 5.91 Å². The molecular weight excluding hydrogens is 218 g/mol. The van der Waals surface area contributed by atoms with Crippen LogP contribution >= 0.6 is 0 Å². The van der Waals surface area contributed by atoms with Crippen molar-refractivity contribution in [3.8, 4) is 0 Å². The summed E-state index contributed by atoms with van der Waals surface area (Å²) in [6.45, 7) is 3.76. The molecule has 5 nitrogen and oxygen atoms in total. The average Bonchev–Trinajstić information content (AvgIpc) is 2.86. The minimum atomic E-state index is 0.136. The minimum absolute atomic E-state index is 0.136. The molecule has 1 aromatic heterocycles. The molecule has 1 fully saturated rings. The number of carbonyl (C=O) groups excluding carboxylic acids is 1. The summed E-state index contributed by atoms with van der Waals surface area (Å²) in [5.74, 6) is 0.429. The number of aromatic nitrogens is 2. The number of aryl methyl sites for hydroxylation is 1. The predicted molar refractivity (Wildman–Crippen MR) is 61.4 cm³/mol. The summed E-state index contributed by atoms with van der Waals surface area (Å²) >= 11 is 0. The van der Waals surface area contributed by atoms with Gasteiger partial charge in [0.15, 0.2) is 0 Å². The maximum atomic E-state index is 12.3. The molecule has 0 spiro atoms. The van der Waals surface area contributed by atoms with Gasteiger partial charge in [0, 0.05) is 43.9 Å². The van der Waals surface area contributed by atoms with E-state index in [0.717, 1.165) is 32.5 Å². The maximum Gasteiger partial charge on any atom is 0.226 e. The molecule has 17 heavy (non-hydrogen) atoms. The Labute approximate surface area is 100 Å². The maximum absolute atomic E-state index is 12.3. The third-order valence-electron chi connectivity index (χ3n) is 3.64. The van der Waals surface area contributed by atoms with Crippen LogP contribution in [0.1, 0.15) is 12.1 Å². The number of rotatable bonds is 1. The summed E-state index contributed by atoms with van der Waals surface area (Å²) in [6.07, 6.45) is 5.49. The summed E-state index contributed by atoms with van der Waals surface area (Å²) in [6, 6.07) is 0. The Morgan fingerprint density at radius 2 is 2.18 bits per heavy atom. The lowest BCUT2D eigenvalue weighted by Crippen LogP contribution is -2.45. The van der Waals surface area contributed by atoms with E-state index in [1.807, 2.05) is 17.4 Å². The molecule has 3 heterocycles. The fraction of sp³-hybridized carbons (Fsp3) is 0.667. The Bertz CT molecular complexity index is 410. The molecule has 2 aliphatic rings. The van der Waals surface area contributed by atoms with Gasteiger partial charge in [-0.25, -0.2) is 4.98 Å². The Balaban J connectivity index is 1.67. The van der Waals surface area contributed by atoms with Crippen LogP contribution < -0.4 is 0 Å². The van der Waals surface area contributed by atoms with Crippen LogP contribution in [0.25, 0.3) is 0 Å².